The Labute approximate surface area is 106 Å². The number of hydrogen-bond acceptors (Lipinski definition) is 5. The lowest BCUT2D eigenvalue weighted by Crippen LogP contribution is -2.39. The molecule has 1 amide bonds. The summed E-state index contributed by atoms with van der Waals surface area (Å²) in [6.07, 6.45) is 1.87. The summed E-state index contributed by atoms with van der Waals surface area (Å²) < 4.78 is 1.30. The summed E-state index contributed by atoms with van der Waals surface area (Å²) in [5.74, 6) is 0.663. The van der Waals surface area contributed by atoms with E-state index in [1.54, 1.807) is 19.1 Å². The molecule has 6 nitrogen and oxygen atoms in total. The van der Waals surface area contributed by atoms with Crippen LogP contribution in [0, 0.1) is 0 Å². The first-order valence-corrected chi connectivity index (χ1v) is 6.48. The molecule has 1 rings (SSSR count). The molecular formula is C10H19N5OS. The van der Waals surface area contributed by atoms with E-state index in [0.29, 0.717) is 11.0 Å². The number of carbonyl (C=O) groups is 1. The second-order valence-electron chi connectivity index (χ2n) is 4.90. The highest BCUT2D eigenvalue weighted by Crippen LogP contribution is 2.21. The highest BCUT2D eigenvalue weighted by molar-refractivity contribution is 7.98. The minimum Gasteiger partial charge on any atom is -0.269 e. The van der Waals surface area contributed by atoms with Crippen LogP contribution in [0.25, 0.3) is 0 Å². The molecule has 17 heavy (non-hydrogen) atoms. The summed E-state index contributed by atoms with van der Waals surface area (Å²) in [5.41, 5.74) is 2.47. The van der Waals surface area contributed by atoms with Gasteiger partial charge >= 0.3 is 6.03 Å². The van der Waals surface area contributed by atoms with Crippen LogP contribution < -0.4 is 5.43 Å². The fourth-order valence-electron chi connectivity index (χ4n) is 1.12. The molecule has 0 atom stereocenters. The zero-order chi connectivity index (χ0) is 13.2. The van der Waals surface area contributed by atoms with Crippen LogP contribution in [0.2, 0.25) is 0 Å². The standard InChI is InChI=1S/C10H19N5OS/c1-10(2,3)7-11-9(17-6)15(12-7)8(16)13-14(4)5/h1-6H3,(H,13,16). The van der Waals surface area contributed by atoms with Gasteiger partial charge in [-0.15, -0.1) is 5.10 Å². The van der Waals surface area contributed by atoms with Gasteiger partial charge in [-0.3, -0.25) is 5.43 Å². The molecule has 0 aliphatic heterocycles. The van der Waals surface area contributed by atoms with Crippen molar-refractivity contribution in [2.45, 2.75) is 31.3 Å². The summed E-state index contributed by atoms with van der Waals surface area (Å²) in [5, 5.41) is 6.42. The fraction of sp³-hybridized carbons (Fsp3) is 0.700. The first-order valence-electron chi connectivity index (χ1n) is 5.25. The zero-order valence-electron chi connectivity index (χ0n) is 11.1. The van der Waals surface area contributed by atoms with Crippen LogP contribution >= 0.6 is 11.8 Å². The zero-order valence-corrected chi connectivity index (χ0v) is 11.9. The largest absolute Gasteiger partial charge is 0.359 e. The Kier molecular flexibility index (Phi) is 4.16. The number of hydrazine groups is 1. The first kappa shape index (κ1) is 14.0. The Hall–Kier alpha value is -1.08. The lowest BCUT2D eigenvalue weighted by molar-refractivity contribution is 0.208. The highest BCUT2D eigenvalue weighted by Gasteiger charge is 2.24. The summed E-state index contributed by atoms with van der Waals surface area (Å²) in [7, 11) is 3.50. The predicted octanol–water partition coefficient (Wildman–Crippen LogP) is 1.33. The van der Waals surface area contributed by atoms with Crippen molar-refractivity contribution in [3.05, 3.63) is 5.82 Å². The Morgan fingerprint density at radius 3 is 2.41 bits per heavy atom. The summed E-state index contributed by atoms with van der Waals surface area (Å²) >= 11 is 1.40. The van der Waals surface area contributed by atoms with Gasteiger partial charge in [0, 0.05) is 19.5 Å². The highest BCUT2D eigenvalue weighted by atomic mass is 32.2. The molecule has 0 fully saturated rings. The molecule has 1 heterocycles. The van der Waals surface area contributed by atoms with Crippen molar-refractivity contribution in [1.82, 2.24) is 25.2 Å². The van der Waals surface area contributed by atoms with E-state index in [2.05, 4.69) is 15.5 Å². The van der Waals surface area contributed by atoms with Gasteiger partial charge in [0.2, 0.25) is 0 Å². The smallest absolute Gasteiger partial charge is 0.269 e. The number of carbonyl (C=O) groups excluding carboxylic acids is 1. The number of amides is 1. The molecule has 96 valence electrons. The van der Waals surface area contributed by atoms with Crippen molar-refractivity contribution in [1.29, 1.82) is 0 Å². The topological polar surface area (TPSA) is 63.1 Å². The Balaban J connectivity index is 3.07. The Morgan fingerprint density at radius 1 is 1.41 bits per heavy atom. The van der Waals surface area contributed by atoms with E-state index in [1.165, 1.54) is 16.4 Å². The molecule has 0 aromatic carbocycles. The second-order valence-corrected chi connectivity index (χ2v) is 5.67. The molecular weight excluding hydrogens is 238 g/mol. The van der Waals surface area contributed by atoms with Crippen LogP contribution in [-0.2, 0) is 5.41 Å². The average Bonchev–Trinajstić information content (AvgIpc) is 2.59. The number of rotatable bonds is 2. The molecule has 1 aromatic rings. The van der Waals surface area contributed by atoms with Crippen molar-refractivity contribution in [3.8, 4) is 0 Å². The quantitative estimate of drug-likeness (QED) is 0.639. The second kappa shape index (κ2) is 5.05. The normalized spacial score (nSPS) is 11.9. The maximum Gasteiger partial charge on any atom is 0.359 e. The van der Waals surface area contributed by atoms with Crippen molar-refractivity contribution in [3.63, 3.8) is 0 Å². The van der Waals surface area contributed by atoms with E-state index >= 15 is 0 Å². The number of nitrogens with zero attached hydrogens (tertiary/aromatic N) is 4. The van der Waals surface area contributed by atoms with E-state index in [-0.39, 0.29) is 11.4 Å². The lowest BCUT2D eigenvalue weighted by atomic mass is 9.96. The molecule has 0 saturated carbocycles. The first-order chi connectivity index (χ1) is 7.75. The molecule has 1 N–H and O–H groups in total. The molecule has 0 aliphatic carbocycles. The lowest BCUT2D eigenvalue weighted by Gasteiger charge is -2.13. The maximum absolute atomic E-state index is 11.9. The van der Waals surface area contributed by atoms with Gasteiger partial charge in [-0.05, 0) is 6.26 Å². The molecule has 0 spiro atoms. The molecule has 0 radical (unpaired) electrons. The Bertz CT molecular complexity index is 407. The van der Waals surface area contributed by atoms with E-state index in [0.717, 1.165) is 0 Å². The summed E-state index contributed by atoms with van der Waals surface area (Å²) in [6, 6.07) is -0.303. The molecule has 1 aromatic heterocycles. The van der Waals surface area contributed by atoms with Crippen molar-refractivity contribution in [2.75, 3.05) is 20.4 Å². The van der Waals surface area contributed by atoms with Crippen LogP contribution in [0.4, 0.5) is 4.79 Å². The van der Waals surface area contributed by atoms with Crippen molar-refractivity contribution in [2.24, 2.45) is 0 Å². The van der Waals surface area contributed by atoms with Gasteiger partial charge in [0.05, 0.1) is 0 Å². The van der Waals surface area contributed by atoms with Crippen LogP contribution in [0.3, 0.4) is 0 Å². The maximum atomic E-state index is 11.9. The van der Waals surface area contributed by atoms with Gasteiger partial charge in [-0.2, -0.15) is 4.68 Å². The van der Waals surface area contributed by atoms with E-state index in [1.807, 2.05) is 27.0 Å². The van der Waals surface area contributed by atoms with E-state index < -0.39 is 0 Å². The number of thioether (sulfide) groups is 1. The number of hydrogen-bond donors (Lipinski definition) is 1. The number of aromatic nitrogens is 3. The number of nitrogens with one attached hydrogen (secondary N) is 1. The minimum atomic E-state index is -0.303. The third kappa shape index (κ3) is 3.44. The monoisotopic (exact) mass is 257 g/mol. The summed E-state index contributed by atoms with van der Waals surface area (Å²) in [4.78, 5) is 16.2. The molecule has 0 saturated heterocycles. The van der Waals surface area contributed by atoms with Crippen LogP contribution in [0.1, 0.15) is 26.6 Å². The average molecular weight is 257 g/mol. The van der Waals surface area contributed by atoms with Crippen LogP contribution in [0.15, 0.2) is 5.16 Å². The van der Waals surface area contributed by atoms with Gasteiger partial charge in [0.1, 0.15) is 0 Å². The van der Waals surface area contributed by atoms with Gasteiger partial charge in [0.25, 0.3) is 0 Å². The third-order valence-corrected chi connectivity index (χ3v) is 2.57. The predicted molar refractivity (Wildman–Crippen MR) is 68.1 cm³/mol. The van der Waals surface area contributed by atoms with Gasteiger partial charge in [0.15, 0.2) is 11.0 Å². The van der Waals surface area contributed by atoms with Crippen LogP contribution in [-0.4, -0.2) is 46.2 Å². The van der Waals surface area contributed by atoms with Gasteiger partial charge in [-0.1, -0.05) is 32.5 Å². The molecule has 0 bridgehead atoms. The van der Waals surface area contributed by atoms with E-state index in [4.69, 9.17) is 0 Å². The van der Waals surface area contributed by atoms with Crippen molar-refractivity contribution < 1.29 is 4.79 Å². The Morgan fingerprint density at radius 2 is 2.00 bits per heavy atom. The van der Waals surface area contributed by atoms with Gasteiger partial charge in [-0.25, -0.2) is 14.8 Å². The fourth-order valence-corrected chi connectivity index (χ4v) is 1.59. The van der Waals surface area contributed by atoms with Crippen molar-refractivity contribution >= 4 is 17.8 Å². The van der Waals surface area contributed by atoms with Crippen LogP contribution in [0.5, 0.6) is 0 Å². The SMILES string of the molecule is CSc1nc(C(C)(C)C)nn1C(=O)NN(C)C. The molecule has 7 heteroatoms. The minimum absolute atomic E-state index is 0.172. The molecule has 0 aliphatic rings. The molecule has 0 unspecified atom stereocenters. The van der Waals surface area contributed by atoms with Gasteiger partial charge < -0.3 is 0 Å². The summed E-state index contributed by atoms with van der Waals surface area (Å²) in [6.45, 7) is 6.04. The van der Waals surface area contributed by atoms with E-state index in [9.17, 15) is 4.79 Å². The third-order valence-electron chi connectivity index (χ3n) is 1.94.